The summed E-state index contributed by atoms with van der Waals surface area (Å²) in [6.07, 6.45) is 0. The summed E-state index contributed by atoms with van der Waals surface area (Å²) in [5.41, 5.74) is 2.06. The molecule has 3 nitrogen and oxygen atoms in total. The Bertz CT molecular complexity index is 618. The summed E-state index contributed by atoms with van der Waals surface area (Å²) in [5, 5.41) is 9.02. The molecule has 0 aliphatic heterocycles. The van der Waals surface area contributed by atoms with Crippen LogP contribution in [0.4, 0.5) is 0 Å². The number of thiazole rings is 1. The van der Waals surface area contributed by atoms with Gasteiger partial charge >= 0.3 is 0 Å². The Morgan fingerprint density at radius 3 is 2.81 bits per heavy atom. The normalized spacial score (nSPS) is 12.1. The number of aromatic nitrogens is 1. The highest BCUT2D eigenvalue weighted by molar-refractivity contribution is 7.16. The fourth-order valence-corrected chi connectivity index (χ4v) is 2.59. The largest absolute Gasteiger partial charge is 0.318 e. The molecule has 0 fully saturated rings. The zero-order valence-corrected chi connectivity index (χ0v) is 10.9. The highest BCUT2D eigenvalue weighted by Gasteiger charge is 2.02. The molecule has 5 heteroatoms. The van der Waals surface area contributed by atoms with Crippen LogP contribution in [0.15, 0.2) is 28.4 Å². The highest BCUT2D eigenvalue weighted by Crippen LogP contribution is 2.20. The number of fused-ring (bicyclic) bond motifs is 1. The van der Waals surface area contributed by atoms with Crippen molar-refractivity contribution in [3.63, 3.8) is 0 Å². The van der Waals surface area contributed by atoms with Gasteiger partial charge in [-0.15, -0.1) is 5.10 Å². The van der Waals surface area contributed by atoms with Gasteiger partial charge in [-0.1, -0.05) is 22.9 Å². The van der Waals surface area contributed by atoms with Crippen molar-refractivity contribution in [3.8, 4) is 0 Å². The SMILES string of the molecule is CC(C)=N/N=c1/sc2cc(Cl)ccc2n1C. The van der Waals surface area contributed by atoms with E-state index in [2.05, 4.69) is 10.2 Å². The minimum atomic E-state index is 0.746. The lowest BCUT2D eigenvalue weighted by Gasteiger charge is -1.94. The maximum absolute atomic E-state index is 5.95. The predicted octanol–water partition coefficient (Wildman–Crippen LogP) is 3.19. The first-order valence-electron chi connectivity index (χ1n) is 4.88. The maximum atomic E-state index is 5.95. The van der Waals surface area contributed by atoms with Crippen molar-refractivity contribution in [2.45, 2.75) is 13.8 Å². The maximum Gasteiger partial charge on any atom is 0.211 e. The second kappa shape index (κ2) is 4.39. The third kappa shape index (κ3) is 2.18. The lowest BCUT2D eigenvalue weighted by molar-refractivity contribution is 0.888. The fourth-order valence-electron chi connectivity index (χ4n) is 1.35. The first-order valence-corrected chi connectivity index (χ1v) is 6.07. The van der Waals surface area contributed by atoms with Crippen LogP contribution in [0.1, 0.15) is 13.8 Å². The van der Waals surface area contributed by atoms with E-state index in [1.807, 2.05) is 43.7 Å². The Kier molecular flexibility index (Phi) is 3.12. The predicted molar refractivity (Wildman–Crippen MR) is 70.2 cm³/mol. The highest BCUT2D eigenvalue weighted by atomic mass is 35.5. The van der Waals surface area contributed by atoms with Gasteiger partial charge in [-0.2, -0.15) is 5.10 Å². The third-order valence-electron chi connectivity index (χ3n) is 2.11. The molecule has 0 atom stereocenters. The Labute approximate surface area is 103 Å². The van der Waals surface area contributed by atoms with E-state index in [4.69, 9.17) is 11.6 Å². The van der Waals surface area contributed by atoms with Crippen molar-refractivity contribution >= 4 is 38.9 Å². The van der Waals surface area contributed by atoms with E-state index in [0.717, 1.165) is 25.8 Å². The van der Waals surface area contributed by atoms with Crippen LogP contribution in [-0.4, -0.2) is 10.3 Å². The van der Waals surface area contributed by atoms with Crippen LogP contribution in [0, 0.1) is 0 Å². The van der Waals surface area contributed by atoms with E-state index in [0.29, 0.717) is 0 Å². The molecule has 1 heterocycles. The molecule has 1 aromatic carbocycles. The zero-order valence-electron chi connectivity index (χ0n) is 9.36. The van der Waals surface area contributed by atoms with Crippen LogP contribution >= 0.6 is 22.9 Å². The molecular formula is C11H12ClN3S. The number of nitrogens with zero attached hydrogens (tertiary/aromatic N) is 3. The number of aryl methyl sites for hydroxylation is 1. The van der Waals surface area contributed by atoms with Crippen LogP contribution in [0.5, 0.6) is 0 Å². The average Bonchev–Trinajstić information content (AvgIpc) is 2.52. The van der Waals surface area contributed by atoms with Gasteiger partial charge in [0.25, 0.3) is 0 Å². The Morgan fingerprint density at radius 1 is 1.38 bits per heavy atom. The molecule has 0 amide bonds. The summed E-state index contributed by atoms with van der Waals surface area (Å²) < 4.78 is 3.14. The smallest absolute Gasteiger partial charge is 0.211 e. The van der Waals surface area contributed by atoms with Crippen molar-refractivity contribution in [3.05, 3.63) is 28.0 Å². The molecule has 0 saturated heterocycles. The van der Waals surface area contributed by atoms with Crippen LogP contribution in [0.3, 0.4) is 0 Å². The van der Waals surface area contributed by atoms with E-state index >= 15 is 0 Å². The zero-order chi connectivity index (χ0) is 11.7. The molecular weight excluding hydrogens is 242 g/mol. The van der Waals surface area contributed by atoms with Gasteiger partial charge in [-0.3, -0.25) is 0 Å². The van der Waals surface area contributed by atoms with Crippen molar-refractivity contribution in [2.75, 3.05) is 0 Å². The second-order valence-corrected chi connectivity index (χ2v) is 5.15. The van der Waals surface area contributed by atoms with Crippen molar-refractivity contribution in [1.82, 2.24) is 4.57 Å². The van der Waals surface area contributed by atoms with Gasteiger partial charge in [-0.25, -0.2) is 0 Å². The van der Waals surface area contributed by atoms with Gasteiger partial charge in [0.05, 0.1) is 10.2 Å². The van der Waals surface area contributed by atoms with Crippen LogP contribution in [0.25, 0.3) is 10.2 Å². The number of halogens is 1. The quantitative estimate of drug-likeness (QED) is 0.552. The molecule has 0 spiro atoms. The minimum Gasteiger partial charge on any atom is -0.318 e. The van der Waals surface area contributed by atoms with Crippen LogP contribution in [-0.2, 0) is 7.05 Å². The van der Waals surface area contributed by atoms with Crippen molar-refractivity contribution in [2.24, 2.45) is 17.3 Å². The van der Waals surface area contributed by atoms with Gasteiger partial charge in [0, 0.05) is 17.8 Å². The molecule has 0 bridgehead atoms. The molecule has 0 aliphatic carbocycles. The lowest BCUT2D eigenvalue weighted by atomic mass is 10.3. The van der Waals surface area contributed by atoms with E-state index in [1.54, 1.807) is 11.3 Å². The first-order chi connectivity index (χ1) is 7.58. The lowest BCUT2D eigenvalue weighted by Crippen LogP contribution is -2.09. The summed E-state index contributed by atoms with van der Waals surface area (Å²) in [5.74, 6) is 0. The Hall–Kier alpha value is -1.13. The average molecular weight is 254 g/mol. The molecule has 84 valence electrons. The molecule has 0 N–H and O–H groups in total. The van der Waals surface area contributed by atoms with E-state index in [1.165, 1.54) is 0 Å². The molecule has 1 aromatic heterocycles. The minimum absolute atomic E-state index is 0.746. The molecule has 2 rings (SSSR count). The Morgan fingerprint density at radius 2 is 2.12 bits per heavy atom. The third-order valence-corrected chi connectivity index (χ3v) is 3.43. The molecule has 2 aromatic rings. The van der Waals surface area contributed by atoms with E-state index in [-0.39, 0.29) is 0 Å². The molecule has 0 unspecified atom stereocenters. The summed E-state index contributed by atoms with van der Waals surface area (Å²) in [6, 6.07) is 5.83. The summed E-state index contributed by atoms with van der Waals surface area (Å²) in [7, 11) is 1.98. The summed E-state index contributed by atoms with van der Waals surface area (Å²) in [6.45, 7) is 3.85. The van der Waals surface area contributed by atoms with Crippen LogP contribution in [0.2, 0.25) is 5.02 Å². The number of benzene rings is 1. The van der Waals surface area contributed by atoms with Crippen molar-refractivity contribution in [1.29, 1.82) is 0 Å². The molecule has 16 heavy (non-hydrogen) atoms. The van der Waals surface area contributed by atoms with Gasteiger partial charge in [0.15, 0.2) is 0 Å². The molecule has 0 saturated carbocycles. The topological polar surface area (TPSA) is 29.6 Å². The van der Waals surface area contributed by atoms with E-state index < -0.39 is 0 Å². The summed E-state index contributed by atoms with van der Waals surface area (Å²) >= 11 is 7.53. The van der Waals surface area contributed by atoms with Gasteiger partial charge < -0.3 is 4.57 Å². The summed E-state index contributed by atoms with van der Waals surface area (Å²) in [4.78, 5) is 0.874. The fraction of sp³-hybridized carbons (Fsp3) is 0.273. The van der Waals surface area contributed by atoms with Crippen molar-refractivity contribution < 1.29 is 0 Å². The Balaban J connectivity index is 2.69. The number of rotatable bonds is 1. The second-order valence-electron chi connectivity index (χ2n) is 3.70. The molecule has 0 radical (unpaired) electrons. The van der Waals surface area contributed by atoms with E-state index in [9.17, 15) is 0 Å². The number of hydrogen-bond acceptors (Lipinski definition) is 3. The van der Waals surface area contributed by atoms with Gasteiger partial charge in [-0.05, 0) is 32.0 Å². The van der Waals surface area contributed by atoms with Crippen LogP contribution < -0.4 is 4.80 Å². The number of hydrogen-bond donors (Lipinski definition) is 0. The molecule has 0 aliphatic rings. The van der Waals surface area contributed by atoms with Gasteiger partial charge in [0.1, 0.15) is 0 Å². The van der Waals surface area contributed by atoms with Gasteiger partial charge in [0.2, 0.25) is 4.80 Å². The monoisotopic (exact) mass is 253 g/mol. The standard InChI is InChI=1S/C11H12ClN3S/c1-7(2)13-14-11-15(3)9-5-4-8(12)6-10(9)16-11/h4-6H,1-3H3/b14-11+. The first kappa shape index (κ1) is 11.4.